The molecule has 0 fully saturated rings. The van der Waals surface area contributed by atoms with E-state index in [9.17, 15) is 14.3 Å². The van der Waals surface area contributed by atoms with Crippen LogP contribution in [0.4, 0.5) is 4.39 Å². The van der Waals surface area contributed by atoms with E-state index >= 15 is 0 Å². The highest BCUT2D eigenvalue weighted by Gasteiger charge is 2.16. The number of fused-ring (bicyclic) bond motifs is 1. The van der Waals surface area contributed by atoms with Crippen molar-refractivity contribution in [2.45, 2.75) is 6.92 Å². The predicted octanol–water partition coefficient (Wildman–Crippen LogP) is 2.96. The van der Waals surface area contributed by atoms with Gasteiger partial charge in [0.25, 0.3) is 0 Å². The molecule has 3 heterocycles. The minimum absolute atomic E-state index is 0.0469. The van der Waals surface area contributed by atoms with E-state index in [0.29, 0.717) is 28.5 Å². The van der Waals surface area contributed by atoms with Crippen molar-refractivity contribution in [1.29, 1.82) is 0 Å². The highest BCUT2D eigenvalue weighted by Crippen LogP contribution is 2.22. The molecule has 4 aromatic rings. The number of H-pyrrole nitrogens is 1. The molecule has 4 rings (SSSR count). The van der Waals surface area contributed by atoms with Crippen LogP contribution in [0.3, 0.4) is 0 Å². The summed E-state index contributed by atoms with van der Waals surface area (Å²) in [6, 6.07) is 6.16. The van der Waals surface area contributed by atoms with E-state index in [-0.39, 0.29) is 16.9 Å². The minimum atomic E-state index is -1.08. The van der Waals surface area contributed by atoms with E-state index in [0.717, 1.165) is 0 Å². The van der Waals surface area contributed by atoms with Crippen LogP contribution in [-0.2, 0) is 0 Å². The highest BCUT2D eigenvalue weighted by molar-refractivity contribution is 6.00. The number of carbonyl (C=O) groups is 1. The molecule has 0 aliphatic rings. The fraction of sp³-hybridized carbons (Fsp3) is 0.0588. The second kappa shape index (κ2) is 5.52. The Kier molecular flexibility index (Phi) is 3.31. The van der Waals surface area contributed by atoms with Crippen LogP contribution < -0.4 is 0 Å². The van der Waals surface area contributed by atoms with Crippen molar-refractivity contribution in [1.82, 2.24) is 24.5 Å². The molecule has 124 valence electrons. The van der Waals surface area contributed by atoms with Crippen LogP contribution in [0.2, 0.25) is 0 Å². The first kappa shape index (κ1) is 15.0. The summed E-state index contributed by atoms with van der Waals surface area (Å²) >= 11 is 0. The first-order valence-electron chi connectivity index (χ1n) is 7.42. The van der Waals surface area contributed by atoms with Crippen LogP contribution in [0.15, 0.2) is 42.9 Å². The summed E-state index contributed by atoms with van der Waals surface area (Å²) in [5.41, 5.74) is 2.30. The Labute approximate surface area is 140 Å². The van der Waals surface area contributed by atoms with E-state index in [1.807, 2.05) is 0 Å². The second-order valence-corrected chi connectivity index (χ2v) is 5.48. The molecule has 2 N–H and O–H groups in total. The Morgan fingerprint density at radius 3 is 2.88 bits per heavy atom. The van der Waals surface area contributed by atoms with Crippen LogP contribution in [0, 0.1) is 12.7 Å². The molecule has 0 radical (unpaired) electrons. The summed E-state index contributed by atoms with van der Waals surface area (Å²) in [6.45, 7) is 1.79. The molecule has 0 aliphatic heterocycles. The molecule has 0 spiro atoms. The van der Waals surface area contributed by atoms with E-state index in [4.69, 9.17) is 0 Å². The summed E-state index contributed by atoms with van der Waals surface area (Å²) in [5, 5.41) is 9.21. The quantitative estimate of drug-likeness (QED) is 0.599. The molecule has 25 heavy (non-hydrogen) atoms. The van der Waals surface area contributed by atoms with Crippen LogP contribution in [0.5, 0.6) is 0 Å². The Balaban J connectivity index is 1.83. The number of aromatic nitrogens is 5. The number of carboxylic acids is 1. The lowest BCUT2D eigenvalue weighted by Crippen LogP contribution is -1.96. The summed E-state index contributed by atoms with van der Waals surface area (Å²) in [5.74, 6) is -0.777. The average molecular weight is 337 g/mol. The zero-order valence-corrected chi connectivity index (χ0v) is 13.1. The zero-order chi connectivity index (χ0) is 17.6. The number of aromatic amines is 1. The topological polar surface area (TPSA) is 96.7 Å². The molecule has 0 atom stereocenters. The number of halogens is 1. The number of aromatic carboxylic acids is 1. The van der Waals surface area contributed by atoms with Crippen LogP contribution >= 0.6 is 0 Å². The number of rotatable bonds is 3. The van der Waals surface area contributed by atoms with Gasteiger partial charge in [-0.2, -0.15) is 0 Å². The third-order valence-corrected chi connectivity index (χ3v) is 3.84. The fourth-order valence-corrected chi connectivity index (χ4v) is 2.66. The third kappa shape index (κ3) is 2.53. The number of imidazole rings is 1. The zero-order valence-electron chi connectivity index (χ0n) is 13.1. The summed E-state index contributed by atoms with van der Waals surface area (Å²) in [7, 11) is 0. The Bertz CT molecular complexity index is 1120. The smallest absolute Gasteiger partial charge is 0.339 e. The first-order valence-corrected chi connectivity index (χ1v) is 7.42. The summed E-state index contributed by atoms with van der Waals surface area (Å²) in [6.07, 6.45) is 4.59. The molecule has 3 aromatic heterocycles. The molecule has 0 amide bonds. The van der Waals surface area contributed by atoms with Gasteiger partial charge in [-0.1, -0.05) is 6.07 Å². The summed E-state index contributed by atoms with van der Waals surface area (Å²) in [4.78, 5) is 27.0. The molecule has 0 aliphatic carbocycles. The highest BCUT2D eigenvalue weighted by atomic mass is 19.1. The van der Waals surface area contributed by atoms with Gasteiger partial charge in [0.2, 0.25) is 0 Å². The van der Waals surface area contributed by atoms with Crippen molar-refractivity contribution >= 4 is 17.1 Å². The molecule has 0 saturated carbocycles. The van der Waals surface area contributed by atoms with Gasteiger partial charge in [-0.15, -0.1) is 0 Å². The minimum Gasteiger partial charge on any atom is -0.478 e. The number of aryl methyl sites for hydroxylation is 1. The van der Waals surface area contributed by atoms with Crippen molar-refractivity contribution in [2.24, 2.45) is 0 Å². The lowest BCUT2D eigenvalue weighted by atomic mass is 10.3. The molecule has 7 nitrogen and oxygen atoms in total. The molecular formula is C17H12FN5O2. The SMILES string of the molecule is Cc1nc(-c2cnc3[nH]cc(C(=O)O)c3n2)cn1-c1cccc(F)c1. The fourth-order valence-electron chi connectivity index (χ4n) is 2.66. The lowest BCUT2D eigenvalue weighted by molar-refractivity contribution is 0.0699. The van der Waals surface area contributed by atoms with Gasteiger partial charge in [0.15, 0.2) is 5.65 Å². The standard InChI is InChI=1S/C17H12FN5O2/c1-9-21-14(8-23(9)11-4-2-3-10(18)5-11)13-7-20-16-15(22-13)12(6-19-16)17(24)25/h2-8H,1H3,(H,19,20)(H,24,25). The number of nitrogens with zero attached hydrogens (tertiary/aromatic N) is 4. The molecule has 8 heteroatoms. The maximum atomic E-state index is 13.5. The van der Waals surface area contributed by atoms with E-state index in [1.54, 1.807) is 29.8 Å². The van der Waals surface area contributed by atoms with Crippen LogP contribution in [0.25, 0.3) is 28.2 Å². The third-order valence-electron chi connectivity index (χ3n) is 3.84. The van der Waals surface area contributed by atoms with E-state index in [1.165, 1.54) is 24.5 Å². The lowest BCUT2D eigenvalue weighted by Gasteiger charge is -2.03. The normalized spacial score (nSPS) is 11.1. The van der Waals surface area contributed by atoms with Crippen molar-refractivity contribution in [3.63, 3.8) is 0 Å². The average Bonchev–Trinajstić information content (AvgIpc) is 3.17. The second-order valence-electron chi connectivity index (χ2n) is 5.48. The molecule has 0 bridgehead atoms. The van der Waals surface area contributed by atoms with Gasteiger partial charge in [0.05, 0.1) is 6.20 Å². The van der Waals surface area contributed by atoms with Gasteiger partial charge in [-0.3, -0.25) is 0 Å². The van der Waals surface area contributed by atoms with E-state index < -0.39 is 5.97 Å². The van der Waals surface area contributed by atoms with Crippen LogP contribution in [-0.4, -0.2) is 35.6 Å². The van der Waals surface area contributed by atoms with Crippen LogP contribution in [0.1, 0.15) is 16.2 Å². The number of carboxylic acid groups (broad SMARTS) is 1. The Morgan fingerprint density at radius 2 is 2.12 bits per heavy atom. The predicted molar refractivity (Wildman–Crippen MR) is 88.1 cm³/mol. The van der Waals surface area contributed by atoms with Gasteiger partial charge >= 0.3 is 5.97 Å². The number of nitrogens with one attached hydrogen (secondary N) is 1. The van der Waals surface area contributed by atoms with Crippen molar-refractivity contribution in [2.75, 3.05) is 0 Å². The van der Waals surface area contributed by atoms with Crippen molar-refractivity contribution in [3.8, 4) is 17.1 Å². The van der Waals surface area contributed by atoms with Gasteiger partial charge in [0, 0.05) is 18.1 Å². The molecule has 0 saturated heterocycles. The van der Waals surface area contributed by atoms with Crippen molar-refractivity contribution < 1.29 is 14.3 Å². The van der Waals surface area contributed by atoms with E-state index in [2.05, 4.69) is 19.9 Å². The van der Waals surface area contributed by atoms with Crippen molar-refractivity contribution in [3.05, 3.63) is 60.1 Å². The molecule has 1 aromatic carbocycles. The number of benzene rings is 1. The number of hydrogen-bond acceptors (Lipinski definition) is 4. The number of hydrogen-bond donors (Lipinski definition) is 2. The van der Waals surface area contributed by atoms with Gasteiger partial charge < -0.3 is 14.7 Å². The Morgan fingerprint density at radius 1 is 1.28 bits per heavy atom. The van der Waals surface area contributed by atoms with Gasteiger partial charge in [-0.05, 0) is 25.1 Å². The van der Waals surface area contributed by atoms with Gasteiger partial charge in [-0.25, -0.2) is 24.1 Å². The molecular weight excluding hydrogens is 325 g/mol. The Hall–Kier alpha value is -3.55. The maximum Gasteiger partial charge on any atom is 0.339 e. The largest absolute Gasteiger partial charge is 0.478 e. The monoisotopic (exact) mass is 337 g/mol. The summed E-state index contributed by atoms with van der Waals surface area (Å²) < 4.78 is 15.2. The van der Waals surface area contributed by atoms with Gasteiger partial charge in [0.1, 0.15) is 34.1 Å². The maximum absolute atomic E-state index is 13.5. The first-order chi connectivity index (χ1) is 12.0. The molecule has 0 unspecified atom stereocenters.